The zero-order chi connectivity index (χ0) is 23.5. The maximum atomic E-state index is 12.9. The third-order valence-corrected chi connectivity index (χ3v) is 5.25. The quantitative estimate of drug-likeness (QED) is 0.332. The molecule has 0 aromatic rings. The van der Waals surface area contributed by atoms with Crippen LogP contribution in [0, 0.1) is 5.41 Å². The molecule has 0 aliphatic heterocycles. The maximum absolute atomic E-state index is 12.9. The smallest absolute Gasteiger partial charge is 0.331 e. The molecule has 1 atom stereocenters. The number of carboxylic acid groups (broad SMARTS) is 1. The second kappa shape index (κ2) is 13.0. The SMILES string of the molecule is CC/C=C(\C=C(\C)CC)C(C)(C)C(NC)C(=O)NCC(=O)N(C)C/C=C(\C)C(=O)O. The molecule has 1 unspecified atom stereocenters. The Kier molecular flexibility index (Phi) is 12.0. The standard InChI is InChI=1S/C23H39N3O4/c1-9-11-18(14-16(3)10-2)23(5,6)20(24-7)21(28)25-15-19(27)26(8)13-12-17(4)22(29)30/h11-12,14,20,24H,9-10,13,15H2,1-8H3,(H,25,28)(H,29,30)/b16-14-,17-12+,18-11+. The Morgan fingerprint density at radius 2 is 1.73 bits per heavy atom. The molecule has 2 amide bonds. The van der Waals surface area contributed by atoms with Crippen LogP contribution in [-0.2, 0) is 14.4 Å². The van der Waals surface area contributed by atoms with Crippen LogP contribution in [0.5, 0.6) is 0 Å². The van der Waals surface area contributed by atoms with Crippen LogP contribution < -0.4 is 10.6 Å². The van der Waals surface area contributed by atoms with Gasteiger partial charge < -0.3 is 20.6 Å². The number of nitrogens with one attached hydrogen (secondary N) is 2. The number of hydrogen-bond donors (Lipinski definition) is 3. The van der Waals surface area contributed by atoms with E-state index in [0.29, 0.717) is 0 Å². The van der Waals surface area contributed by atoms with Gasteiger partial charge in [-0.15, -0.1) is 0 Å². The van der Waals surface area contributed by atoms with E-state index < -0.39 is 17.4 Å². The van der Waals surface area contributed by atoms with Crippen molar-refractivity contribution in [2.45, 2.75) is 60.4 Å². The summed E-state index contributed by atoms with van der Waals surface area (Å²) in [6.07, 6.45) is 7.52. The van der Waals surface area contributed by atoms with Gasteiger partial charge in [-0.1, -0.05) is 51.5 Å². The lowest BCUT2D eigenvalue weighted by molar-refractivity contribution is -0.133. The Morgan fingerprint density at radius 1 is 1.13 bits per heavy atom. The fourth-order valence-electron chi connectivity index (χ4n) is 2.94. The molecule has 3 N–H and O–H groups in total. The van der Waals surface area contributed by atoms with Gasteiger partial charge in [0.2, 0.25) is 11.8 Å². The molecule has 0 fully saturated rings. The van der Waals surface area contributed by atoms with E-state index in [1.54, 1.807) is 14.1 Å². The molecule has 0 bridgehead atoms. The largest absolute Gasteiger partial charge is 0.478 e. The highest BCUT2D eigenvalue weighted by atomic mass is 16.4. The highest BCUT2D eigenvalue weighted by Crippen LogP contribution is 2.33. The van der Waals surface area contributed by atoms with Gasteiger partial charge in [-0.05, 0) is 39.3 Å². The first kappa shape index (κ1) is 27.6. The average Bonchev–Trinajstić information content (AvgIpc) is 2.69. The summed E-state index contributed by atoms with van der Waals surface area (Å²) in [4.78, 5) is 37.4. The van der Waals surface area contributed by atoms with Crippen molar-refractivity contribution in [2.75, 3.05) is 27.2 Å². The zero-order valence-corrected chi connectivity index (χ0v) is 19.8. The number of aliphatic carboxylic acids is 1. The number of likely N-dealkylation sites (N-methyl/N-ethyl adjacent to an activating group) is 2. The van der Waals surface area contributed by atoms with Gasteiger partial charge in [0, 0.05) is 24.6 Å². The van der Waals surface area contributed by atoms with Gasteiger partial charge in [-0.2, -0.15) is 0 Å². The topological polar surface area (TPSA) is 98.7 Å². The van der Waals surface area contributed by atoms with E-state index >= 15 is 0 Å². The minimum Gasteiger partial charge on any atom is -0.478 e. The van der Waals surface area contributed by atoms with Gasteiger partial charge in [0.15, 0.2) is 0 Å². The summed E-state index contributed by atoms with van der Waals surface area (Å²) in [5.41, 5.74) is 2.00. The van der Waals surface area contributed by atoms with Crippen molar-refractivity contribution in [2.24, 2.45) is 5.41 Å². The van der Waals surface area contributed by atoms with Gasteiger partial charge in [0.25, 0.3) is 0 Å². The molecule has 0 aliphatic carbocycles. The lowest BCUT2D eigenvalue weighted by Gasteiger charge is -2.35. The van der Waals surface area contributed by atoms with Crippen LogP contribution in [0.2, 0.25) is 0 Å². The Hall–Kier alpha value is -2.41. The number of allylic oxidation sites excluding steroid dienone is 3. The highest BCUT2D eigenvalue weighted by molar-refractivity contribution is 5.88. The van der Waals surface area contributed by atoms with Gasteiger partial charge in [0.1, 0.15) is 0 Å². The fourth-order valence-corrected chi connectivity index (χ4v) is 2.94. The molecule has 0 rings (SSSR count). The highest BCUT2D eigenvalue weighted by Gasteiger charge is 2.36. The lowest BCUT2D eigenvalue weighted by atomic mass is 9.75. The molecule has 30 heavy (non-hydrogen) atoms. The molecule has 170 valence electrons. The van der Waals surface area contributed by atoms with Gasteiger partial charge in [0.05, 0.1) is 12.6 Å². The molecule has 7 nitrogen and oxygen atoms in total. The lowest BCUT2D eigenvalue weighted by Crippen LogP contribution is -2.53. The van der Waals surface area contributed by atoms with Crippen molar-refractivity contribution in [1.82, 2.24) is 15.5 Å². The van der Waals surface area contributed by atoms with Crippen LogP contribution in [0.25, 0.3) is 0 Å². The van der Waals surface area contributed by atoms with Crippen molar-refractivity contribution in [1.29, 1.82) is 0 Å². The molecule has 7 heteroatoms. The normalized spacial score (nSPS) is 14.3. The van der Waals surface area contributed by atoms with Crippen molar-refractivity contribution in [3.05, 3.63) is 34.9 Å². The summed E-state index contributed by atoms with van der Waals surface area (Å²) in [6, 6.07) is -0.525. The first-order valence-corrected chi connectivity index (χ1v) is 10.4. The molecule has 0 saturated heterocycles. The molecule has 0 spiro atoms. The van der Waals surface area contributed by atoms with E-state index in [1.165, 1.54) is 23.5 Å². The van der Waals surface area contributed by atoms with Crippen LogP contribution >= 0.6 is 0 Å². The maximum Gasteiger partial charge on any atom is 0.331 e. The first-order chi connectivity index (χ1) is 13.9. The van der Waals surface area contributed by atoms with Crippen molar-refractivity contribution in [3.8, 4) is 0 Å². The average molecular weight is 422 g/mol. The molecule has 0 aromatic carbocycles. The number of carbonyl (C=O) groups excluding carboxylic acids is 2. The van der Waals surface area contributed by atoms with Gasteiger partial charge >= 0.3 is 5.97 Å². The van der Waals surface area contributed by atoms with E-state index in [1.807, 2.05) is 13.8 Å². The summed E-state index contributed by atoms with van der Waals surface area (Å²) in [7, 11) is 3.30. The predicted molar refractivity (Wildman–Crippen MR) is 121 cm³/mol. The van der Waals surface area contributed by atoms with E-state index in [9.17, 15) is 14.4 Å². The predicted octanol–water partition coefficient (Wildman–Crippen LogP) is 2.90. The summed E-state index contributed by atoms with van der Waals surface area (Å²) in [5.74, 6) is -1.57. The van der Waals surface area contributed by atoms with Gasteiger partial charge in [-0.3, -0.25) is 9.59 Å². The van der Waals surface area contributed by atoms with E-state index in [2.05, 4.69) is 43.6 Å². The number of hydrogen-bond acceptors (Lipinski definition) is 4. The molecule has 0 heterocycles. The molecule has 0 aliphatic rings. The summed E-state index contributed by atoms with van der Waals surface area (Å²) >= 11 is 0. The summed E-state index contributed by atoms with van der Waals surface area (Å²) in [5, 5.41) is 14.7. The number of carboxylic acids is 1. The first-order valence-electron chi connectivity index (χ1n) is 10.4. The Balaban J connectivity index is 5.25. The monoisotopic (exact) mass is 421 g/mol. The molecule has 0 aromatic heterocycles. The second-order valence-electron chi connectivity index (χ2n) is 8.04. The number of rotatable bonds is 12. The van der Waals surface area contributed by atoms with Crippen LogP contribution in [0.15, 0.2) is 34.9 Å². The van der Waals surface area contributed by atoms with E-state index in [4.69, 9.17) is 5.11 Å². The number of amides is 2. The van der Waals surface area contributed by atoms with Crippen molar-refractivity contribution < 1.29 is 19.5 Å². The minimum atomic E-state index is -1.02. The van der Waals surface area contributed by atoms with Crippen molar-refractivity contribution in [3.63, 3.8) is 0 Å². The summed E-state index contributed by atoms with van der Waals surface area (Å²) < 4.78 is 0. The molecule has 0 saturated carbocycles. The Labute approximate surface area is 181 Å². The van der Waals surface area contributed by atoms with E-state index in [-0.39, 0.29) is 30.5 Å². The fraction of sp³-hybridized carbons (Fsp3) is 0.609. The van der Waals surface area contributed by atoms with Crippen LogP contribution in [0.1, 0.15) is 54.4 Å². The molecular formula is C23H39N3O4. The van der Waals surface area contributed by atoms with Crippen LogP contribution in [0.3, 0.4) is 0 Å². The Bertz CT molecular complexity index is 705. The van der Waals surface area contributed by atoms with Crippen LogP contribution in [-0.4, -0.2) is 61.0 Å². The second-order valence-corrected chi connectivity index (χ2v) is 8.04. The number of nitrogens with zero attached hydrogens (tertiary/aromatic N) is 1. The van der Waals surface area contributed by atoms with Crippen LogP contribution in [0.4, 0.5) is 0 Å². The molecular weight excluding hydrogens is 382 g/mol. The Morgan fingerprint density at radius 3 is 2.20 bits per heavy atom. The third-order valence-electron chi connectivity index (χ3n) is 5.25. The number of carbonyl (C=O) groups is 3. The zero-order valence-electron chi connectivity index (χ0n) is 19.8. The van der Waals surface area contributed by atoms with Crippen molar-refractivity contribution >= 4 is 17.8 Å². The summed E-state index contributed by atoms with van der Waals surface area (Å²) in [6.45, 7) is 11.7. The van der Waals surface area contributed by atoms with Gasteiger partial charge in [-0.25, -0.2) is 4.79 Å². The molecule has 0 radical (unpaired) electrons. The third kappa shape index (κ3) is 8.53. The van der Waals surface area contributed by atoms with E-state index in [0.717, 1.165) is 18.4 Å². The minimum absolute atomic E-state index is 0.153.